The summed E-state index contributed by atoms with van der Waals surface area (Å²) in [6, 6.07) is 6.89. The number of nitrogens with two attached hydrogens (primary N) is 1. The highest BCUT2D eigenvalue weighted by molar-refractivity contribution is 7.90. The second-order valence-corrected chi connectivity index (χ2v) is 7.21. The molecule has 2 rings (SSSR count). The van der Waals surface area contributed by atoms with Gasteiger partial charge in [-0.3, -0.25) is 4.72 Å². The largest absolute Gasteiger partial charge is 0.389 e. The molecule has 1 aliphatic heterocycles. The third-order valence-electron chi connectivity index (χ3n) is 3.51. The topological polar surface area (TPSA) is 75.4 Å². The van der Waals surface area contributed by atoms with E-state index in [1.54, 1.807) is 24.3 Å². The Morgan fingerprint density at radius 3 is 2.55 bits per heavy atom. The first-order valence-corrected chi connectivity index (χ1v) is 8.41. The van der Waals surface area contributed by atoms with E-state index >= 15 is 0 Å². The smallest absolute Gasteiger partial charge is 0.301 e. The molecule has 5 nitrogen and oxygen atoms in total. The van der Waals surface area contributed by atoms with Crippen molar-refractivity contribution in [1.29, 1.82) is 0 Å². The highest BCUT2D eigenvalue weighted by Gasteiger charge is 2.26. The fourth-order valence-corrected chi connectivity index (χ4v) is 3.67. The molecule has 1 aromatic rings. The Bertz CT molecular complexity index is 593. The van der Waals surface area contributed by atoms with Crippen LogP contribution < -0.4 is 10.5 Å². The van der Waals surface area contributed by atoms with Crippen LogP contribution in [0.2, 0.25) is 0 Å². The van der Waals surface area contributed by atoms with Gasteiger partial charge in [0.1, 0.15) is 4.99 Å². The average Bonchev–Trinajstić information content (AvgIpc) is 2.39. The van der Waals surface area contributed by atoms with Gasteiger partial charge in [0.15, 0.2) is 0 Å². The minimum Gasteiger partial charge on any atom is -0.389 e. The Kier molecular flexibility index (Phi) is 4.62. The van der Waals surface area contributed by atoms with Gasteiger partial charge in [0.05, 0.1) is 5.69 Å². The Balaban J connectivity index is 2.18. The molecule has 0 spiro atoms. The van der Waals surface area contributed by atoms with E-state index in [9.17, 15) is 8.42 Å². The number of piperidine rings is 1. The number of para-hydroxylation sites is 1. The van der Waals surface area contributed by atoms with Crippen molar-refractivity contribution in [2.45, 2.75) is 19.8 Å². The zero-order valence-electron chi connectivity index (χ0n) is 11.4. The van der Waals surface area contributed by atoms with Crippen LogP contribution in [0.25, 0.3) is 0 Å². The molecule has 1 aromatic carbocycles. The SMILES string of the molecule is CC1CCN(S(=O)(=O)Nc2ccccc2C(N)=S)CC1. The molecule has 1 fully saturated rings. The monoisotopic (exact) mass is 313 g/mol. The van der Waals surface area contributed by atoms with Gasteiger partial charge in [-0.05, 0) is 30.9 Å². The van der Waals surface area contributed by atoms with Crippen molar-refractivity contribution >= 4 is 33.1 Å². The van der Waals surface area contributed by atoms with Crippen LogP contribution in [-0.4, -0.2) is 30.8 Å². The molecule has 110 valence electrons. The average molecular weight is 313 g/mol. The predicted molar refractivity (Wildman–Crippen MR) is 84.8 cm³/mol. The highest BCUT2D eigenvalue weighted by atomic mass is 32.2. The molecule has 0 radical (unpaired) electrons. The molecule has 1 aliphatic rings. The van der Waals surface area contributed by atoms with Crippen molar-refractivity contribution in [3.8, 4) is 0 Å². The molecule has 1 saturated heterocycles. The number of nitrogens with one attached hydrogen (secondary N) is 1. The lowest BCUT2D eigenvalue weighted by Crippen LogP contribution is -2.41. The van der Waals surface area contributed by atoms with Crippen LogP contribution in [-0.2, 0) is 10.2 Å². The molecule has 20 heavy (non-hydrogen) atoms. The van der Waals surface area contributed by atoms with Crippen molar-refractivity contribution in [1.82, 2.24) is 4.31 Å². The second kappa shape index (κ2) is 6.07. The van der Waals surface area contributed by atoms with E-state index in [2.05, 4.69) is 11.6 Å². The van der Waals surface area contributed by atoms with Gasteiger partial charge in [0.2, 0.25) is 0 Å². The summed E-state index contributed by atoms with van der Waals surface area (Å²) in [4.78, 5) is 0.176. The van der Waals surface area contributed by atoms with Crippen molar-refractivity contribution < 1.29 is 8.42 Å². The fourth-order valence-electron chi connectivity index (χ4n) is 2.22. The molecule has 7 heteroatoms. The summed E-state index contributed by atoms with van der Waals surface area (Å²) in [5, 5.41) is 0. The maximum atomic E-state index is 12.4. The number of thiocarbonyl (C=S) groups is 1. The van der Waals surface area contributed by atoms with E-state index in [0.717, 1.165) is 12.8 Å². The molecule has 3 N–H and O–H groups in total. The van der Waals surface area contributed by atoms with Gasteiger partial charge < -0.3 is 5.73 Å². The van der Waals surface area contributed by atoms with Crippen molar-refractivity contribution in [3.63, 3.8) is 0 Å². The molecular weight excluding hydrogens is 294 g/mol. The Morgan fingerprint density at radius 1 is 1.35 bits per heavy atom. The maximum absolute atomic E-state index is 12.4. The zero-order valence-corrected chi connectivity index (χ0v) is 13.0. The van der Waals surface area contributed by atoms with E-state index in [1.807, 2.05) is 0 Å². The van der Waals surface area contributed by atoms with Gasteiger partial charge >= 0.3 is 10.2 Å². The van der Waals surface area contributed by atoms with Crippen LogP contribution in [0.15, 0.2) is 24.3 Å². The summed E-state index contributed by atoms with van der Waals surface area (Å²) in [5.41, 5.74) is 6.58. The van der Waals surface area contributed by atoms with Gasteiger partial charge in [-0.15, -0.1) is 0 Å². The predicted octanol–water partition coefficient (Wildman–Crippen LogP) is 1.71. The summed E-state index contributed by atoms with van der Waals surface area (Å²) in [7, 11) is -3.55. The molecule has 0 saturated carbocycles. The molecule has 0 aromatic heterocycles. The molecule has 0 atom stereocenters. The third-order valence-corrected chi connectivity index (χ3v) is 5.26. The van der Waals surface area contributed by atoms with E-state index in [4.69, 9.17) is 18.0 Å². The van der Waals surface area contributed by atoms with Crippen molar-refractivity contribution in [2.24, 2.45) is 11.7 Å². The molecular formula is C13H19N3O2S2. The summed E-state index contributed by atoms with van der Waals surface area (Å²) < 4.78 is 28.8. The van der Waals surface area contributed by atoms with E-state index in [0.29, 0.717) is 30.3 Å². The minimum atomic E-state index is -3.55. The minimum absolute atomic E-state index is 0.176. The Labute approximate surface area is 125 Å². The number of nitrogens with zero attached hydrogens (tertiary/aromatic N) is 1. The molecule has 0 aliphatic carbocycles. The zero-order chi connectivity index (χ0) is 14.8. The lowest BCUT2D eigenvalue weighted by molar-refractivity contribution is 0.289. The number of hydrogen-bond donors (Lipinski definition) is 2. The molecule has 0 amide bonds. The van der Waals surface area contributed by atoms with Gasteiger partial charge in [-0.1, -0.05) is 31.3 Å². The van der Waals surface area contributed by atoms with Crippen molar-refractivity contribution in [3.05, 3.63) is 29.8 Å². The highest BCUT2D eigenvalue weighted by Crippen LogP contribution is 2.22. The van der Waals surface area contributed by atoms with E-state index < -0.39 is 10.2 Å². The van der Waals surface area contributed by atoms with Crippen LogP contribution >= 0.6 is 12.2 Å². The third kappa shape index (κ3) is 3.47. The molecule has 0 bridgehead atoms. The number of anilines is 1. The van der Waals surface area contributed by atoms with Crippen LogP contribution in [0.1, 0.15) is 25.3 Å². The lowest BCUT2D eigenvalue weighted by atomic mass is 10.0. The Morgan fingerprint density at radius 2 is 1.95 bits per heavy atom. The summed E-state index contributed by atoms with van der Waals surface area (Å²) in [6.07, 6.45) is 1.77. The summed E-state index contributed by atoms with van der Waals surface area (Å²) in [5.74, 6) is 0.574. The van der Waals surface area contributed by atoms with Crippen molar-refractivity contribution in [2.75, 3.05) is 17.8 Å². The van der Waals surface area contributed by atoms with Crippen LogP contribution in [0.5, 0.6) is 0 Å². The van der Waals surface area contributed by atoms with E-state index in [1.165, 1.54) is 4.31 Å². The van der Waals surface area contributed by atoms with Crippen LogP contribution in [0.3, 0.4) is 0 Å². The van der Waals surface area contributed by atoms with Gasteiger partial charge in [0.25, 0.3) is 0 Å². The van der Waals surface area contributed by atoms with Crippen LogP contribution in [0.4, 0.5) is 5.69 Å². The molecule has 1 heterocycles. The molecule has 0 unspecified atom stereocenters. The van der Waals surface area contributed by atoms with Gasteiger partial charge in [0, 0.05) is 18.7 Å². The first kappa shape index (κ1) is 15.2. The number of hydrogen-bond acceptors (Lipinski definition) is 3. The quantitative estimate of drug-likeness (QED) is 0.830. The lowest BCUT2D eigenvalue weighted by Gasteiger charge is -2.29. The number of benzene rings is 1. The summed E-state index contributed by atoms with van der Waals surface area (Å²) >= 11 is 4.94. The van der Waals surface area contributed by atoms with Gasteiger partial charge in [-0.25, -0.2) is 0 Å². The normalized spacial score (nSPS) is 17.9. The number of rotatable bonds is 4. The summed E-state index contributed by atoms with van der Waals surface area (Å²) in [6.45, 7) is 3.23. The first-order chi connectivity index (χ1) is 9.40. The second-order valence-electron chi connectivity index (χ2n) is 5.10. The Hall–Kier alpha value is -1.18. The first-order valence-electron chi connectivity index (χ1n) is 6.57. The fraction of sp³-hybridized carbons (Fsp3) is 0.462. The van der Waals surface area contributed by atoms with E-state index in [-0.39, 0.29) is 4.99 Å². The van der Waals surface area contributed by atoms with Gasteiger partial charge in [-0.2, -0.15) is 12.7 Å². The maximum Gasteiger partial charge on any atom is 0.301 e. The standard InChI is InChI=1S/C13H19N3O2S2/c1-10-6-8-16(9-7-10)20(17,18)15-12-5-3-2-4-11(12)13(14)19/h2-5,10,15H,6-9H2,1H3,(H2,14,19). The van der Waals surface area contributed by atoms with Crippen LogP contribution in [0, 0.1) is 5.92 Å².